The maximum atomic E-state index is 14.0. The third-order valence-electron chi connectivity index (χ3n) is 7.63. The molecule has 12 heteroatoms. The van der Waals surface area contributed by atoms with Crippen molar-refractivity contribution in [2.24, 2.45) is 0 Å². The second-order valence-electron chi connectivity index (χ2n) is 10.7. The van der Waals surface area contributed by atoms with E-state index in [1.807, 2.05) is 9.47 Å². The van der Waals surface area contributed by atoms with E-state index in [1.54, 1.807) is 6.20 Å². The Morgan fingerprint density at radius 1 is 1.18 bits per heavy atom. The van der Waals surface area contributed by atoms with Gasteiger partial charge in [0.2, 0.25) is 0 Å². The number of rotatable bonds is 8. The van der Waals surface area contributed by atoms with Crippen LogP contribution >= 0.6 is 0 Å². The summed E-state index contributed by atoms with van der Waals surface area (Å²) in [6.45, 7) is 8.80. The highest BCUT2D eigenvalue weighted by atomic mass is 19.4. The van der Waals surface area contributed by atoms with E-state index in [1.165, 1.54) is 6.33 Å². The number of anilines is 2. The van der Waals surface area contributed by atoms with Gasteiger partial charge in [0.1, 0.15) is 35.4 Å². The van der Waals surface area contributed by atoms with Crippen molar-refractivity contribution in [3.8, 4) is 6.07 Å². The predicted molar refractivity (Wildman–Crippen MR) is 141 cm³/mol. The maximum absolute atomic E-state index is 14.0. The van der Waals surface area contributed by atoms with E-state index < -0.39 is 17.6 Å². The number of aromatic nitrogens is 4. The number of alkyl halides is 3. The van der Waals surface area contributed by atoms with Crippen LogP contribution < -0.4 is 16.0 Å². The van der Waals surface area contributed by atoms with Gasteiger partial charge in [-0.3, -0.25) is 0 Å². The number of halogens is 4. The number of allylic oxidation sites excluding steroid dienone is 4. The summed E-state index contributed by atoms with van der Waals surface area (Å²) < 4.78 is 56.2. The summed E-state index contributed by atoms with van der Waals surface area (Å²) in [5.41, 5.74) is 5.67. The molecule has 0 unspecified atom stereocenters. The monoisotopic (exact) mass is 546 g/mol. The summed E-state index contributed by atoms with van der Waals surface area (Å²) in [4.78, 5) is 15.0. The number of hydrogen-bond donors (Lipinski definition) is 2. The number of imidazole rings is 1. The summed E-state index contributed by atoms with van der Waals surface area (Å²) in [7, 11) is 0. The lowest BCUT2D eigenvalue weighted by molar-refractivity contribution is -0.0903. The zero-order valence-electron chi connectivity index (χ0n) is 22.4. The molecule has 0 aromatic carbocycles. The molecule has 1 saturated heterocycles. The Balaban J connectivity index is 1.59. The van der Waals surface area contributed by atoms with Gasteiger partial charge in [-0.05, 0) is 51.2 Å². The lowest BCUT2D eigenvalue weighted by atomic mass is 9.95. The molecule has 39 heavy (non-hydrogen) atoms. The number of nitriles is 1. The molecule has 1 aliphatic carbocycles. The quantitative estimate of drug-likeness (QED) is 0.435. The van der Waals surface area contributed by atoms with E-state index in [4.69, 9.17) is 10.7 Å². The Morgan fingerprint density at radius 2 is 1.90 bits per heavy atom. The van der Waals surface area contributed by atoms with Crippen LogP contribution in [0.5, 0.6) is 0 Å². The van der Waals surface area contributed by atoms with Crippen LogP contribution in [0, 0.1) is 11.3 Å². The summed E-state index contributed by atoms with van der Waals surface area (Å²) >= 11 is 0. The van der Waals surface area contributed by atoms with Crippen LogP contribution in [-0.2, 0) is 6.54 Å². The van der Waals surface area contributed by atoms with E-state index in [2.05, 4.69) is 42.1 Å². The van der Waals surface area contributed by atoms with Crippen molar-refractivity contribution in [1.29, 1.82) is 5.26 Å². The molecule has 2 aliphatic rings. The van der Waals surface area contributed by atoms with E-state index in [9.17, 15) is 22.8 Å². The Kier molecular flexibility index (Phi) is 8.30. The highest BCUT2D eigenvalue weighted by Crippen LogP contribution is 2.40. The molecule has 1 fully saturated rings. The maximum Gasteiger partial charge on any atom is 0.418 e. The Morgan fingerprint density at radius 3 is 2.54 bits per heavy atom. The molecule has 0 saturated carbocycles. The van der Waals surface area contributed by atoms with Crippen LogP contribution in [0.3, 0.4) is 0 Å². The van der Waals surface area contributed by atoms with Crippen LogP contribution in [0.25, 0.3) is 5.57 Å². The van der Waals surface area contributed by atoms with Crippen LogP contribution in [0.2, 0.25) is 0 Å². The van der Waals surface area contributed by atoms with Crippen LogP contribution in [-0.4, -0.2) is 50.9 Å². The molecule has 0 atom stereocenters. The summed E-state index contributed by atoms with van der Waals surface area (Å²) in [5, 5.41) is 13.0. The number of hydrogen-bond acceptors (Lipinski definition) is 7. The Hall–Kier alpha value is -3.46. The highest BCUT2D eigenvalue weighted by molar-refractivity contribution is 5.68. The lowest BCUT2D eigenvalue weighted by Gasteiger charge is -2.33. The number of nitrogen functional groups attached to an aromatic ring is 1. The highest BCUT2D eigenvalue weighted by Gasteiger charge is 2.38. The molecule has 0 spiro atoms. The zero-order valence-corrected chi connectivity index (χ0v) is 22.4. The van der Waals surface area contributed by atoms with Gasteiger partial charge in [0.25, 0.3) is 0 Å². The van der Waals surface area contributed by atoms with Crippen molar-refractivity contribution in [3.05, 3.63) is 47.1 Å². The van der Waals surface area contributed by atoms with Gasteiger partial charge >= 0.3 is 6.18 Å². The van der Waals surface area contributed by atoms with Crippen molar-refractivity contribution >= 4 is 17.2 Å². The van der Waals surface area contributed by atoms with Gasteiger partial charge < -0.3 is 20.5 Å². The van der Waals surface area contributed by atoms with Gasteiger partial charge in [0.05, 0.1) is 11.3 Å². The molecular weight excluding hydrogens is 512 g/mol. The van der Waals surface area contributed by atoms with Crippen LogP contribution in [0.15, 0.2) is 30.0 Å². The minimum Gasteiger partial charge on any atom is -0.382 e. The largest absolute Gasteiger partial charge is 0.418 e. The molecule has 3 N–H and O–H groups in total. The molecule has 0 bridgehead atoms. The van der Waals surface area contributed by atoms with Gasteiger partial charge in [-0.15, -0.1) is 0 Å². The molecular formula is C27H34F4N8. The molecule has 2 aromatic heterocycles. The van der Waals surface area contributed by atoms with Crippen molar-refractivity contribution < 1.29 is 17.6 Å². The molecule has 3 heterocycles. The number of nitrogens with one attached hydrogen (secondary N) is 1. The van der Waals surface area contributed by atoms with Crippen LogP contribution in [0.4, 0.5) is 29.2 Å². The van der Waals surface area contributed by atoms with Crippen molar-refractivity contribution in [1.82, 2.24) is 24.8 Å². The van der Waals surface area contributed by atoms with Gasteiger partial charge in [0, 0.05) is 50.3 Å². The first-order valence-corrected chi connectivity index (χ1v) is 13.2. The van der Waals surface area contributed by atoms with Gasteiger partial charge in [-0.1, -0.05) is 6.92 Å². The molecule has 4 rings (SSSR count). The molecule has 1 aliphatic heterocycles. The molecule has 8 nitrogen and oxygen atoms in total. The number of piperidine rings is 1. The zero-order chi connectivity index (χ0) is 28.4. The standard InChI is InChI=1S/C27H34F4N8/c1-4-26(2,3)36-9-12-39-15-22(18-5-6-21(28)20(13-18)27(29,30)31)37-24(39)17-7-10-38(11-8-17)25-19(14-32)23(33)34-16-35-25/h13,15-17,36H,4-12H2,1-3H3,(H2,33,34,35). The van der Waals surface area contributed by atoms with E-state index in [0.29, 0.717) is 56.1 Å². The Bertz CT molecular complexity index is 1290. The third kappa shape index (κ3) is 6.41. The van der Waals surface area contributed by atoms with Crippen molar-refractivity contribution in [2.45, 2.75) is 77.1 Å². The van der Waals surface area contributed by atoms with E-state index in [0.717, 1.165) is 18.3 Å². The first-order chi connectivity index (χ1) is 18.4. The van der Waals surface area contributed by atoms with Crippen molar-refractivity contribution in [2.75, 3.05) is 30.3 Å². The average molecular weight is 547 g/mol. The SMILES string of the molecule is CCC(C)(C)NCCn1cc(C2=CC(C(F)(F)F)=C(F)CC2)nc1C1CCN(c2ncnc(N)c2C#N)CC1. The summed E-state index contributed by atoms with van der Waals surface area (Å²) in [6.07, 6.45) is 1.51. The third-order valence-corrected chi connectivity index (χ3v) is 7.63. The smallest absolute Gasteiger partial charge is 0.382 e. The fourth-order valence-electron chi connectivity index (χ4n) is 4.96. The molecule has 210 valence electrons. The summed E-state index contributed by atoms with van der Waals surface area (Å²) in [6, 6.07) is 2.08. The second kappa shape index (κ2) is 11.3. The predicted octanol–water partition coefficient (Wildman–Crippen LogP) is 5.25. The van der Waals surface area contributed by atoms with Gasteiger partial charge in [0.15, 0.2) is 5.82 Å². The van der Waals surface area contributed by atoms with E-state index >= 15 is 0 Å². The molecule has 0 radical (unpaired) electrons. The first-order valence-electron chi connectivity index (χ1n) is 13.2. The van der Waals surface area contributed by atoms with Gasteiger partial charge in [-0.25, -0.2) is 19.3 Å². The van der Waals surface area contributed by atoms with Crippen molar-refractivity contribution in [3.63, 3.8) is 0 Å². The lowest BCUT2D eigenvalue weighted by Crippen LogP contribution is -2.40. The minimum absolute atomic E-state index is 0.0530. The van der Waals surface area contributed by atoms with E-state index in [-0.39, 0.29) is 35.7 Å². The fraction of sp³-hybridized carbons (Fsp3) is 0.556. The normalized spacial score (nSPS) is 17.4. The number of nitrogens with zero attached hydrogens (tertiary/aromatic N) is 6. The second-order valence-corrected chi connectivity index (χ2v) is 10.7. The minimum atomic E-state index is -4.75. The fourth-order valence-corrected chi connectivity index (χ4v) is 4.96. The van der Waals surface area contributed by atoms with Gasteiger partial charge in [-0.2, -0.15) is 18.4 Å². The number of nitrogens with two attached hydrogens (primary N) is 1. The topological polar surface area (TPSA) is 109 Å². The van der Waals surface area contributed by atoms with Crippen LogP contribution in [0.1, 0.15) is 75.9 Å². The summed E-state index contributed by atoms with van der Waals surface area (Å²) in [5.74, 6) is 0.355. The molecule has 0 amide bonds. The average Bonchev–Trinajstić information content (AvgIpc) is 3.32. The first kappa shape index (κ1) is 28.5. The Labute approximate surface area is 225 Å². The molecule has 2 aromatic rings.